The maximum Gasteiger partial charge on any atom is 0.418 e. The molecule has 96 valence electrons. The van der Waals surface area contributed by atoms with E-state index in [1.54, 1.807) is 0 Å². The molecule has 0 saturated carbocycles. The summed E-state index contributed by atoms with van der Waals surface area (Å²) in [7, 11) is 0. The molecule has 2 N–H and O–H groups in total. The third-order valence-corrected chi connectivity index (χ3v) is 2.08. The molecule has 8 heteroatoms. The molecular formula is C9H8F6N2. The van der Waals surface area contributed by atoms with Crippen LogP contribution in [-0.4, -0.2) is 17.2 Å². The number of halogens is 6. The molecule has 0 aromatic carbocycles. The van der Waals surface area contributed by atoms with Gasteiger partial charge in [0, 0.05) is 12.4 Å². The van der Waals surface area contributed by atoms with Crippen molar-refractivity contribution in [1.82, 2.24) is 4.98 Å². The Morgan fingerprint density at radius 1 is 1.18 bits per heavy atom. The second-order valence-corrected chi connectivity index (χ2v) is 3.38. The zero-order chi connectivity index (χ0) is 13.3. The van der Waals surface area contributed by atoms with Gasteiger partial charge in [-0.2, -0.15) is 26.3 Å². The van der Waals surface area contributed by atoms with Gasteiger partial charge in [0.1, 0.15) is 6.04 Å². The maximum atomic E-state index is 12.4. The van der Waals surface area contributed by atoms with Gasteiger partial charge in [0.2, 0.25) is 0 Å². The highest BCUT2D eigenvalue weighted by Crippen LogP contribution is 2.32. The van der Waals surface area contributed by atoms with Crippen LogP contribution in [0.2, 0.25) is 0 Å². The van der Waals surface area contributed by atoms with E-state index >= 15 is 0 Å². The summed E-state index contributed by atoms with van der Waals surface area (Å²) in [5.74, 6) is 0. The third kappa shape index (κ3) is 3.58. The summed E-state index contributed by atoms with van der Waals surface area (Å²) in [6.07, 6.45) is -8.92. The van der Waals surface area contributed by atoms with Crippen LogP contribution in [0.3, 0.4) is 0 Å². The number of rotatable bonds is 2. The number of aromatic nitrogens is 1. The Hall–Kier alpha value is -1.31. The average Bonchev–Trinajstić information content (AvgIpc) is 2.15. The Bertz CT molecular complexity index is 384. The largest absolute Gasteiger partial charge is 0.418 e. The lowest BCUT2D eigenvalue weighted by Crippen LogP contribution is -2.39. The minimum Gasteiger partial charge on any atom is -0.320 e. The fourth-order valence-corrected chi connectivity index (χ4v) is 1.21. The lowest BCUT2D eigenvalue weighted by Gasteiger charge is -2.18. The first-order chi connectivity index (χ1) is 7.62. The van der Waals surface area contributed by atoms with Gasteiger partial charge in [0.05, 0.1) is 5.56 Å². The van der Waals surface area contributed by atoms with Crippen molar-refractivity contribution in [2.24, 2.45) is 5.73 Å². The van der Waals surface area contributed by atoms with E-state index in [4.69, 9.17) is 5.73 Å². The van der Waals surface area contributed by atoms with Crippen LogP contribution in [-0.2, 0) is 12.6 Å². The minimum absolute atomic E-state index is 0.485. The van der Waals surface area contributed by atoms with E-state index in [0.717, 1.165) is 12.3 Å². The van der Waals surface area contributed by atoms with Crippen LogP contribution in [0.15, 0.2) is 18.5 Å². The standard InChI is InChI=1S/C9H8F6N2/c10-8(11,12)6-4-17-2-1-5(6)3-7(16)9(13,14)15/h1-2,4,7H,3,16H2. The van der Waals surface area contributed by atoms with Gasteiger partial charge in [-0.05, 0) is 18.1 Å². The topological polar surface area (TPSA) is 38.9 Å². The van der Waals surface area contributed by atoms with Crippen LogP contribution in [0.4, 0.5) is 26.3 Å². The molecule has 0 radical (unpaired) electrons. The van der Waals surface area contributed by atoms with Crippen LogP contribution in [0.25, 0.3) is 0 Å². The van der Waals surface area contributed by atoms with E-state index in [2.05, 4.69) is 4.98 Å². The SMILES string of the molecule is NC(Cc1ccncc1C(F)(F)F)C(F)(F)F. The predicted octanol–water partition coefficient (Wildman–Crippen LogP) is 2.53. The van der Waals surface area contributed by atoms with Crippen LogP contribution < -0.4 is 5.73 Å². The Balaban J connectivity index is 3.00. The van der Waals surface area contributed by atoms with Crippen molar-refractivity contribution in [3.8, 4) is 0 Å². The van der Waals surface area contributed by atoms with Gasteiger partial charge in [-0.25, -0.2) is 0 Å². The predicted molar refractivity (Wildman–Crippen MR) is 47.0 cm³/mol. The van der Waals surface area contributed by atoms with Gasteiger partial charge in [0.15, 0.2) is 0 Å². The first kappa shape index (κ1) is 13.8. The number of nitrogens with two attached hydrogens (primary N) is 1. The van der Waals surface area contributed by atoms with E-state index in [-0.39, 0.29) is 0 Å². The Labute approximate surface area is 92.4 Å². The van der Waals surface area contributed by atoms with Gasteiger partial charge in [-0.1, -0.05) is 0 Å². The summed E-state index contributed by atoms with van der Waals surface area (Å²) in [6.45, 7) is 0. The van der Waals surface area contributed by atoms with Crippen molar-refractivity contribution in [2.45, 2.75) is 24.8 Å². The molecule has 1 aromatic rings. The molecule has 17 heavy (non-hydrogen) atoms. The molecule has 0 saturated heterocycles. The summed E-state index contributed by atoms with van der Waals surface area (Å²) in [4.78, 5) is 3.24. The monoisotopic (exact) mass is 258 g/mol. The van der Waals surface area contributed by atoms with Crippen molar-refractivity contribution in [2.75, 3.05) is 0 Å². The van der Waals surface area contributed by atoms with Gasteiger partial charge in [-0.3, -0.25) is 4.98 Å². The molecule has 0 spiro atoms. The van der Waals surface area contributed by atoms with E-state index in [0.29, 0.717) is 6.20 Å². The van der Waals surface area contributed by atoms with E-state index in [1.165, 1.54) is 0 Å². The Kier molecular flexibility index (Phi) is 3.65. The second kappa shape index (κ2) is 4.52. The van der Waals surface area contributed by atoms with E-state index in [1.807, 2.05) is 0 Å². The number of alkyl halides is 6. The summed E-state index contributed by atoms with van der Waals surface area (Å²) in [5.41, 5.74) is 3.07. The van der Waals surface area contributed by atoms with Crippen molar-refractivity contribution in [1.29, 1.82) is 0 Å². The lowest BCUT2D eigenvalue weighted by atomic mass is 10.0. The first-order valence-corrected chi connectivity index (χ1v) is 4.44. The first-order valence-electron chi connectivity index (χ1n) is 4.44. The zero-order valence-corrected chi connectivity index (χ0v) is 8.31. The van der Waals surface area contributed by atoms with Gasteiger partial charge in [0.25, 0.3) is 0 Å². The summed E-state index contributed by atoms with van der Waals surface area (Å²) < 4.78 is 73.7. The molecule has 1 rings (SSSR count). The molecule has 0 aliphatic carbocycles. The highest BCUT2D eigenvalue weighted by atomic mass is 19.4. The average molecular weight is 258 g/mol. The molecule has 0 amide bonds. The zero-order valence-electron chi connectivity index (χ0n) is 8.31. The lowest BCUT2D eigenvalue weighted by molar-refractivity contribution is -0.149. The van der Waals surface area contributed by atoms with E-state index < -0.39 is 35.9 Å². The normalized spacial score (nSPS) is 14.8. The second-order valence-electron chi connectivity index (χ2n) is 3.38. The summed E-state index contributed by atoms with van der Waals surface area (Å²) in [5, 5.41) is 0. The molecule has 0 fully saturated rings. The van der Waals surface area contributed by atoms with Crippen LogP contribution in [0.1, 0.15) is 11.1 Å². The molecule has 0 bridgehead atoms. The molecule has 1 heterocycles. The highest BCUT2D eigenvalue weighted by molar-refractivity contribution is 5.27. The van der Waals surface area contributed by atoms with Gasteiger partial charge in [-0.15, -0.1) is 0 Å². The molecule has 1 aromatic heterocycles. The maximum absolute atomic E-state index is 12.4. The number of hydrogen-bond donors (Lipinski definition) is 1. The smallest absolute Gasteiger partial charge is 0.320 e. The summed E-state index contributed by atoms with van der Waals surface area (Å²) >= 11 is 0. The van der Waals surface area contributed by atoms with Crippen LogP contribution in [0.5, 0.6) is 0 Å². The minimum atomic E-state index is -4.74. The number of pyridine rings is 1. The third-order valence-electron chi connectivity index (χ3n) is 2.08. The fourth-order valence-electron chi connectivity index (χ4n) is 1.21. The van der Waals surface area contributed by atoms with E-state index in [9.17, 15) is 26.3 Å². The van der Waals surface area contributed by atoms with Crippen LogP contribution in [0, 0.1) is 0 Å². The highest BCUT2D eigenvalue weighted by Gasteiger charge is 2.39. The Morgan fingerprint density at radius 3 is 2.24 bits per heavy atom. The molecule has 2 nitrogen and oxygen atoms in total. The summed E-state index contributed by atoms with van der Waals surface area (Å²) in [6, 6.07) is -1.44. The number of nitrogens with zero attached hydrogens (tertiary/aromatic N) is 1. The molecule has 1 unspecified atom stereocenters. The molecule has 0 aliphatic rings. The Morgan fingerprint density at radius 2 is 1.76 bits per heavy atom. The van der Waals surface area contributed by atoms with Crippen molar-refractivity contribution >= 4 is 0 Å². The van der Waals surface area contributed by atoms with Crippen LogP contribution >= 0.6 is 0 Å². The number of hydrogen-bond acceptors (Lipinski definition) is 2. The van der Waals surface area contributed by atoms with Gasteiger partial charge >= 0.3 is 12.4 Å². The molecule has 0 aliphatic heterocycles. The quantitative estimate of drug-likeness (QED) is 0.828. The van der Waals surface area contributed by atoms with Crippen molar-refractivity contribution in [3.63, 3.8) is 0 Å². The fraction of sp³-hybridized carbons (Fsp3) is 0.444. The molecule has 1 atom stereocenters. The van der Waals surface area contributed by atoms with Crippen molar-refractivity contribution < 1.29 is 26.3 Å². The van der Waals surface area contributed by atoms with Crippen molar-refractivity contribution in [3.05, 3.63) is 29.6 Å². The van der Waals surface area contributed by atoms with Gasteiger partial charge < -0.3 is 5.73 Å². The molecular weight excluding hydrogens is 250 g/mol.